The number of aliphatic hydroxyl groups is 1. The van der Waals surface area contributed by atoms with Crippen LogP contribution in [0.5, 0.6) is 0 Å². The van der Waals surface area contributed by atoms with E-state index in [9.17, 15) is 5.11 Å². The fourth-order valence-corrected chi connectivity index (χ4v) is 4.12. The molecule has 1 saturated heterocycles. The zero-order valence-corrected chi connectivity index (χ0v) is 13.9. The Bertz CT molecular complexity index is 318. The Hall–Kier alpha value is 0.0569. The molecular weight excluding hydrogens is 260 g/mol. The fourth-order valence-electron chi connectivity index (χ4n) is 2.75. The van der Waals surface area contributed by atoms with Crippen LogP contribution in [0, 0.1) is 0 Å². The molecule has 1 aliphatic heterocycles. The van der Waals surface area contributed by atoms with Crippen molar-refractivity contribution in [3.05, 3.63) is 0 Å². The highest BCUT2D eigenvalue weighted by Gasteiger charge is 2.47. The van der Waals surface area contributed by atoms with Gasteiger partial charge in [0.25, 0.3) is 0 Å². The summed E-state index contributed by atoms with van der Waals surface area (Å²) in [4.78, 5) is 0. The second-order valence-electron chi connectivity index (χ2n) is 7.59. The van der Waals surface area contributed by atoms with Crippen LogP contribution in [0.4, 0.5) is 0 Å². The van der Waals surface area contributed by atoms with Crippen LogP contribution in [-0.4, -0.2) is 44.6 Å². The largest absolute Gasteiger partial charge is 0.414 e. The van der Waals surface area contributed by atoms with Gasteiger partial charge in [0.1, 0.15) is 6.79 Å². The monoisotopic (exact) mass is 288 g/mol. The SMILES string of the molecule is CC(C)(C)[Si](C)(C)OC1C[C@@H](O)CC2(COCO2)C1. The summed E-state index contributed by atoms with van der Waals surface area (Å²) in [6.07, 6.45) is 1.98. The van der Waals surface area contributed by atoms with Crippen LogP contribution >= 0.6 is 0 Å². The minimum atomic E-state index is -1.80. The molecule has 0 aromatic carbocycles. The van der Waals surface area contributed by atoms with Gasteiger partial charge in [-0.3, -0.25) is 0 Å². The maximum Gasteiger partial charge on any atom is 0.192 e. The van der Waals surface area contributed by atoms with E-state index < -0.39 is 8.32 Å². The molecule has 1 heterocycles. The first-order valence-electron chi connectivity index (χ1n) is 7.21. The number of aliphatic hydroxyl groups excluding tert-OH is 1. The first-order valence-corrected chi connectivity index (χ1v) is 10.1. The van der Waals surface area contributed by atoms with E-state index in [2.05, 4.69) is 33.9 Å². The first-order chi connectivity index (χ1) is 8.64. The van der Waals surface area contributed by atoms with Gasteiger partial charge in [-0.15, -0.1) is 0 Å². The normalized spacial score (nSPS) is 36.9. The number of hydrogen-bond donors (Lipinski definition) is 1. The maximum atomic E-state index is 10.1. The molecule has 1 aliphatic carbocycles. The minimum Gasteiger partial charge on any atom is -0.414 e. The molecule has 0 radical (unpaired) electrons. The van der Waals surface area contributed by atoms with Gasteiger partial charge in [-0.1, -0.05) is 20.8 Å². The summed E-state index contributed by atoms with van der Waals surface area (Å²) in [7, 11) is -1.80. The quantitative estimate of drug-likeness (QED) is 0.794. The Morgan fingerprint density at radius 1 is 1.26 bits per heavy atom. The molecule has 112 valence electrons. The van der Waals surface area contributed by atoms with Crippen LogP contribution < -0.4 is 0 Å². The van der Waals surface area contributed by atoms with E-state index in [0.29, 0.717) is 19.8 Å². The van der Waals surface area contributed by atoms with E-state index in [4.69, 9.17) is 13.9 Å². The van der Waals surface area contributed by atoms with E-state index in [1.165, 1.54) is 0 Å². The third kappa shape index (κ3) is 3.39. The van der Waals surface area contributed by atoms with Crippen LogP contribution in [0.3, 0.4) is 0 Å². The number of rotatable bonds is 2. The molecule has 19 heavy (non-hydrogen) atoms. The van der Waals surface area contributed by atoms with E-state index in [1.54, 1.807) is 0 Å². The predicted octanol–water partition coefficient (Wildman–Crippen LogP) is 2.66. The van der Waals surface area contributed by atoms with Gasteiger partial charge in [0.15, 0.2) is 8.32 Å². The highest BCUT2D eigenvalue weighted by molar-refractivity contribution is 6.74. The molecule has 3 atom stereocenters. The van der Waals surface area contributed by atoms with E-state index in [0.717, 1.165) is 12.8 Å². The van der Waals surface area contributed by atoms with E-state index in [1.807, 2.05) is 0 Å². The van der Waals surface area contributed by atoms with Crippen molar-refractivity contribution in [1.82, 2.24) is 0 Å². The summed E-state index contributed by atoms with van der Waals surface area (Å²) in [6.45, 7) is 12.2. The lowest BCUT2D eigenvalue weighted by atomic mass is 9.82. The summed E-state index contributed by atoms with van der Waals surface area (Å²) in [5, 5.41) is 10.3. The summed E-state index contributed by atoms with van der Waals surface area (Å²) in [5.74, 6) is 0. The molecule has 2 rings (SSSR count). The zero-order chi connectivity index (χ0) is 14.3. The zero-order valence-electron chi connectivity index (χ0n) is 12.9. The maximum absolute atomic E-state index is 10.1. The summed E-state index contributed by atoms with van der Waals surface area (Å²) in [5.41, 5.74) is -0.315. The van der Waals surface area contributed by atoms with E-state index >= 15 is 0 Å². The predicted molar refractivity (Wildman–Crippen MR) is 76.6 cm³/mol. The lowest BCUT2D eigenvalue weighted by Crippen LogP contribution is -2.51. The van der Waals surface area contributed by atoms with Gasteiger partial charge in [-0.25, -0.2) is 0 Å². The highest BCUT2D eigenvalue weighted by atomic mass is 28.4. The summed E-state index contributed by atoms with van der Waals surface area (Å²) >= 11 is 0. The molecule has 2 aliphatic rings. The van der Waals surface area contributed by atoms with Crippen molar-refractivity contribution in [2.75, 3.05) is 13.4 Å². The van der Waals surface area contributed by atoms with Crippen molar-refractivity contribution in [1.29, 1.82) is 0 Å². The van der Waals surface area contributed by atoms with Crippen LogP contribution in [-0.2, 0) is 13.9 Å². The molecule has 1 saturated carbocycles. The van der Waals surface area contributed by atoms with Gasteiger partial charge in [0.05, 0.1) is 24.4 Å². The third-order valence-corrected chi connectivity index (χ3v) is 9.36. The van der Waals surface area contributed by atoms with Crippen molar-refractivity contribution in [3.8, 4) is 0 Å². The molecule has 2 fully saturated rings. The highest BCUT2D eigenvalue weighted by Crippen LogP contribution is 2.42. The summed E-state index contributed by atoms with van der Waals surface area (Å²) in [6, 6.07) is 0. The second kappa shape index (κ2) is 5.11. The number of hydrogen-bond acceptors (Lipinski definition) is 4. The Labute approximate surface area is 117 Å². The molecule has 5 heteroatoms. The van der Waals surface area contributed by atoms with Crippen molar-refractivity contribution in [3.63, 3.8) is 0 Å². The first kappa shape index (κ1) is 15.4. The van der Waals surface area contributed by atoms with Gasteiger partial charge < -0.3 is 19.0 Å². The second-order valence-corrected chi connectivity index (χ2v) is 12.3. The van der Waals surface area contributed by atoms with Crippen molar-refractivity contribution in [2.45, 2.75) is 76.0 Å². The van der Waals surface area contributed by atoms with Gasteiger partial charge in [0, 0.05) is 12.8 Å². The molecule has 0 aromatic rings. The third-order valence-electron chi connectivity index (χ3n) is 4.82. The summed E-state index contributed by atoms with van der Waals surface area (Å²) < 4.78 is 17.5. The van der Waals surface area contributed by atoms with Crippen LogP contribution in [0.25, 0.3) is 0 Å². The molecule has 2 unspecified atom stereocenters. The molecular formula is C14H28O4Si. The topological polar surface area (TPSA) is 47.9 Å². The van der Waals surface area contributed by atoms with Crippen LogP contribution in [0.1, 0.15) is 40.0 Å². The Balaban J connectivity index is 2.04. The minimum absolute atomic E-state index is 0.0892. The van der Waals surface area contributed by atoms with Gasteiger partial charge in [0.2, 0.25) is 0 Å². The van der Waals surface area contributed by atoms with Crippen LogP contribution in [0.15, 0.2) is 0 Å². The smallest absolute Gasteiger partial charge is 0.192 e. The van der Waals surface area contributed by atoms with E-state index in [-0.39, 0.29) is 22.8 Å². The average molecular weight is 288 g/mol. The van der Waals surface area contributed by atoms with Crippen molar-refractivity contribution in [2.24, 2.45) is 0 Å². The molecule has 0 amide bonds. The van der Waals surface area contributed by atoms with Gasteiger partial charge in [-0.2, -0.15) is 0 Å². The van der Waals surface area contributed by atoms with Gasteiger partial charge in [-0.05, 0) is 24.6 Å². The molecule has 0 bridgehead atoms. The fraction of sp³-hybridized carbons (Fsp3) is 1.00. The molecule has 0 aromatic heterocycles. The lowest BCUT2D eigenvalue weighted by molar-refractivity contribution is -0.0945. The molecule has 1 spiro atoms. The van der Waals surface area contributed by atoms with Crippen molar-refractivity contribution >= 4 is 8.32 Å². The number of ether oxygens (including phenoxy) is 2. The van der Waals surface area contributed by atoms with Crippen molar-refractivity contribution < 1.29 is 19.0 Å². The average Bonchev–Trinajstić information content (AvgIpc) is 2.61. The standard InChI is InChI=1S/C14H28O4Si/c1-13(2,3)19(4,5)18-12-6-11(15)7-14(8-12)9-16-10-17-14/h11-12,15H,6-10H2,1-5H3/t11-,12?,14?/m1/s1. The Morgan fingerprint density at radius 3 is 2.47 bits per heavy atom. The molecule has 4 nitrogen and oxygen atoms in total. The van der Waals surface area contributed by atoms with Crippen LogP contribution in [0.2, 0.25) is 18.1 Å². The Kier molecular flexibility index (Phi) is 4.16. The van der Waals surface area contributed by atoms with Gasteiger partial charge >= 0.3 is 0 Å². The molecule has 1 N–H and O–H groups in total. The lowest BCUT2D eigenvalue weighted by Gasteiger charge is -2.44. The Morgan fingerprint density at radius 2 is 1.95 bits per heavy atom.